The van der Waals surface area contributed by atoms with Crippen molar-refractivity contribution in [2.45, 2.75) is 25.8 Å². The fourth-order valence-electron chi connectivity index (χ4n) is 1.93. The fourth-order valence-corrected chi connectivity index (χ4v) is 1.93. The van der Waals surface area contributed by atoms with Gasteiger partial charge in [-0.2, -0.15) is 5.10 Å². The number of carboxylic acid groups (broad SMARTS) is 1. The minimum atomic E-state index is -0.911. The van der Waals surface area contributed by atoms with Crippen LogP contribution in [-0.4, -0.2) is 34.1 Å². The molecule has 2 heterocycles. The maximum atomic E-state index is 10.8. The lowest BCUT2D eigenvalue weighted by Crippen LogP contribution is -2.21. The second-order valence-corrected chi connectivity index (χ2v) is 3.74. The van der Waals surface area contributed by atoms with Gasteiger partial charge >= 0.3 is 5.97 Å². The minimum Gasteiger partial charge on any atom is -0.478 e. The van der Waals surface area contributed by atoms with Crippen molar-refractivity contribution >= 4 is 5.97 Å². The van der Waals surface area contributed by atoms with Crippen molar-refractivity contribution in [1.82, 2.24) is 9.78 Å². The van der Waals surface area contributed by atoms with Gasteiger partial charge in [0.1, 0.15) is 5.56 Å². The molecule has 1 N–H and O–H groups in total. The molecule has 0 saturated carbocycles. The zero-order valence-electron chi connectivity index (χ0n) is 8.64. The number of hydrogen-bond acceptors (Lipinski definition) is 3. The highest BCUT2D eigenvalue weighted by Gasteiger charge is 2.21. The number of carbonyl (C=O) groups is 1. The van der Waals surface area contributed by atoms with Crippen LogP contribution in [0.5, 0.6) is 0 Å². The van der Waals surface area contributed by atoms with Gasteiger partial charge in [0, 0.05) is 13.2 Å². The molecule has 0 radical (unpaired) electrons. The highest BCUT2D eigenvalue weighted by atomic mass is 16.5. The monoisotopic (exact) mass is 210 g/mol. The Kier molecular flexibility index (Phi) is 2.73. The molecular formula is C10H14N2O3. The number of carboxylic acids is 1. The normalized spacial score (nSPS) is 17.9. The molecule has 1 aromatic heterocycles. The van der Waals surface area contributed by atoms with Gasteiger partial charge in [0.2, 0.25) is 0 Å². The average Bonchev–Trinajstić information content (AvgIpc) is 2.61. The molecule has 15 heavy (non-hydrogen) atoms. The Bertz CT molecular complexity index is 367. The molecule has 0 spiro atoms. The van der Waals surface area contributed by atoms with E-state index in [1.165, 1.54) is 6.20 Å². The summed E-state index contributed by atoms with van der Waals surface area (Å²) >= 11 is 0. The van der Waals surface area contributed by atoms with Crippen LogP contribution in [0.15, 0.2) is 6.20 Å². The predicted octanol–water partition coefficient (Wildman–Crippen LogP) is 1.24. The Balaban J connectivity index is 2.24. The van der Waals surface area contributed by atoms with Crippen LogP contribution in [0.3, 0.4) is 0 Å². The van der Waals surface area contributed by atoms with Crippen LogP contribution in [0.1, 0.15) is 34.9 Å². The number of hydrogen-bond donors (Lipinski definition) is 1. The third kappa shape index (κ3) is 1.87. The molecule has 2 rings (SSSR count). The van der Waals surface area contributed by atoms with Crippen molar-refractivity contribution in [2.24, 2.45) is 0 Å². The Morgan fingerprint density at radius 3 is 2.80 bits per heavy atom. The van der Waals surface area contributed by atoms with Gasteiger partial charge in [-0.15, -0.1) is 0 Å². The smallest absolute Gasteiger partial charge is 0.339 e. The summed E-state index contributed by atoms with van der Waals surface area (Å²) in [5, 5.41) is 13.0. The standard InChI is InChI=1S/C10H14N2O3/c1-7-9(10(13)14)6-11-12(7)8-2-4-15-5-3-8/h6,8H,2-5H2,1H3,(H,13,14). The molecule has 5 heteroatoms. The summed E-state index contributed by atoms with van der Waals surface area (Å²) in [5.41, 5.74) is 1.02. The largest absolute Gasteiger partial charge is 0.478 e. The lowest BCUT2D eigenvalue weighted by Gasteiger charge is -2.23. The van der Waals surface area contributed by atoms with Crippen LogP contribution >= 0.6 is 0 Å². The summed E-state index contributed by atoms with van der Waals surface area (Å²) in [5.74, 6) is -0.911. The van der Waals surface area contributed by atoms with E-state index in [1.807, 2.05) is 4.68 Å². The molecule has 1 fully saturated rings. The lowest BCUT2D eigenvalue weighted by molar-refractivity contribution is 0.0653. The zero-order chi connectivity index (χ0) is 10.8. The SMILES string of the molecule is Cc1c(C(=O)O)cnn1C1CCOCC1. The maximum Gasteiger partial charge on any atom is 0.339 e. The first-order chi connectivity index (χ1) is 7.20. The van der Waals surface area contributed by atoms with Gasteiger partial charge in [-0.25, -0.2) is 4.79 Å². The van der Waals surface area contributed by atoms with Crippen LogP contribution in [0.25, 0.3) is 0 Å². The Hall–Kier alpha value is -1.36. The number of ether oxygens (including phenoxy) is 1. The van der Waals surface area contributed by atoms with Gasteiger partial charge in [0.15, 0.2) is 0 Å². The Morgan fingerprint density at radius 2 is 2.27 bits per heavy atom. The Morgan fingerprint density at radius 1 is 1.60 bits per heavy atom. The van der Waals surface area contributed by atoms with Crippen molar-refractivity contribution in [3.8, 4) is 0 Å². The van der Waals surface area contributed by atoms with Gasteiger partial charge in [0.25, 0.3) is 0 Å². The van der Waals surface area contributed by atoms with Gasteiger partial charge in [0.05, 0.1) is 17.9 Å². The zero-order valence-corrected chi connectivity index (χ0v) is 8.64. The van der Waals surface area contributed by atoms with E-state index >= 15 is 0 Å². The van der Waals surface area contributed by atoms with Gasteiger partial charge < -0.3 is 9.84 Å². The van der Waals surface area contributed by atoms with Crippen molar-refractivity contribution in [1.29, 1.82) is 0 Å². The molecule has 0 bridgehead atoms. The average molecular weight is 210 g/mol. The molecule has 0 aliphatic carbocycles. The number of rotatable bonds is 2. The van der Waals surface area contributed by atoms with E-state index in [-0.39, 0.29) is 6.04 Å². The molecular weight excluding hydrogens is 196 g/mol. The minimum absolute atomic E-state index is 0.284. The van der Waals surface area contributed by atoms with Crippen LogP contribution in [0.4, 0.5) is 0 Å². The topological polar surface area (TPSA) is 64.3 Å². The third-order valence-electron chi connectivity index (χ3n) is 2.81. The third-order valence-corrected chi connectivity index (χ3v) is 2.81. The fraction of sp³-hybridized carbons (Fsp3) is 0.600. The van der Waals surface area contributed by atoms with Crippen molar-refractivity contribution in [3.05, 3.63) is 17.5 Å². The van der Waals surface area contributed by atoms with Crippen LogP contribution < -0.4 is 0 Å². The van der Waals surface area contributed by atoms with Crippen LogP contribution in [0.2, 0.25) is 0 Å². The maximum absolute atomic E-state index is 10.8. The summed E-state index contributed by atoms with van der Waals surface area (Å²) in [7, 11) is 0. The summed E-state index contributed by atoms with van der Waals surface area (Å²) in [6.07, 6.45) is 3.23. The molecule has 0 atom stereocenters. The van der Waals surface area contributed by atoms with E-state index in [0.717, 1.165) is 31.7 Å². The summed E-state index contributed by atoms with van der Waals surface area (Å²) in [4.78, 5) is 10.8. The molecule has 1 saturated heterocycles. The number of aromatic carboxylic acids is 1. The van der Waals surface area contributed by atoms with Crippen molar-refractivity contribution in [2.75, 3.05) is 13.2 Å². The van der Waals surface area contributed by atoms with E-state index in [9.17, 15) is 4.79 Å². The quantitative estimate of drug-likeness (QED) is 0.797. The first-order valence-corrected chi connectivity index (χ1v) is 5.05. The van der Waals surface area contributed by atoms with E-state index < -0.39 is 5.97 Å². The van der Waals surface area contributed by atoms with Crippen molar-refractivity contribution < 1.29 is 14.6 Å². The summed E-state index contributed by atoms with van der Waals surface area (Å²) in [6.45, 7) is 3.25. The number of nitrogens with zero attached hydrogens (tertiary/aromatic N) is 2. The molecule has 0 unspecified atom stereocenters. The van der Waals surface area contributed by atoms with E-state index in [0.29, 0.717) is 5.56 Å². The molecule has 1 aliphatic rings. The van der Waals surface area contributed by atoms with E-state index in [4.69, 9.17) is 9.84 Å². The summed E-state index contributed by atoms with van der Waals surface area (Å²) in [6, 6.07) is 0.284. The molecule has 1 aromatic rings. The van der Waals surface area contributed by atoms with Crippen LogP contribution in [0, 0.1) is 6.92 Å². The molecule has 0 amide bonds. The number of aromatic nitrogens is 2. The second-order valence-electron chi connectivity index (χ2n) is 3.74. The Labute approximate surface area is 87.7 Å². The van der Waals surface area contributed by atoms with Crippen LogP contribution in [-0.2, 0) is 4.74 Å². The predicted molar refractivity (Wildman–Crippen MR) is 53.0 cm³/mol. The first-order valence-electron chi connectivity index (χ1n) is 5.05. The van der Waals surface area contributed by atoms with Gasteiger partial charge in [-0.3, -0.25) is 4.68 Å². The molecule has 1 aliphatic heterocycles. The highest BCUT2D eigenvalue weighted by Crippen LogP contribution is 2.22. The second kappa shape index (κ2) is 4.02. The van der Waals surface area contributed by atoms with Gasteiger partial charge in [-0.1, -0.05) is 0 Å². The van der Waals surface area contributed by atoms with E-state index in [1.54, 1.807) is 6.92 Å². The lowest BCUT2D eigenvalue weighted by atomic mass is 10.1. The summed E-state index contributed by atoms with van der Waals surface area (Å²) < 4.78 is 7.07. The molecule has 5 nitrogen and oxygen atoms in total. The first kappa shape index (κ1) is 10.2. The van der Waals surface area contributed by atoms with Crippen molar-refractivity contribution in [3.63, 3.8) is 0 Å². The molecule has 82 valence electrons. The van der Waals surface area contributed by atoms with E-state index in [2.05, 4.69) is 5.10 Å². The van der Waals surface area contributed by atoms with Gasteiger partial charge in [-0.05, 0) is 19.8 Å². The molecule has 0 aromatic carbocycles. The highest BCUT2D eigenvalue weighted by molar-refractivity contribution is 5.88.